The standard InChI is InChI=1S/C22H28N2O2/c1-16-15-22(3,4)24(12-13-26-19-8-6-5-7-9-19)21-14-18(23-17(2)25)10-11-20(16)21/h5-11,14,16H,12-13,15H2,1-4H3,(H,23,25). The van der Waals surface area contributed by atoms with E-state index in [-0.39, 0.29) is 11.4 Å². The lowest BCUT2D eigenvalue weighted by molar-refractivity contribution is -0.114. The summed E-state index contributed by atoms with van der Waals surface area (Å²) >= 11 is 0. The summed E-state index contributed by atoms with van der Waals surface area (Å²) in [5.74, 6) is 1.33. The average Bonchev–Trinajstić information content (AvgIpc) is 2.57. The number of benzene rings is 2. The van der Waals surface area contributed by atoms with Gasteiger partial charge in [0.15, 0.2) is 0 Å². The number of rotatable bonds is 5. The Bertz CT molecular complexity index is 771. The molecule has 2 aromatic rings. The fourth-order valence-corrected chi connectivity index (χ4v) is 3.97. The van der Waals surface area contributed by atoms with Crippen LogP contribution >= 0.6 is 0 Å². The molecule has 0 saturated carbocycles. The Kier molecular flexibility index (Phi) is 5.21. The lowest BCUT2D eigenvalue weighted by Crippen LogP contribution is -2.50. The van der Waals surface area contributed by atoms with Crippen LogP contribution in [0.2, 0.25) is 0 Å². The van der Waals surface area contributed by atoms with Gasteiger partial charge in [0, 0.05) is 23.8 Å². The topological polar surface area (TPSA) is 41.6 Å². The molecule has 26 heavy (non-hydrogen) atoms. The first kappa shape index (κ1) is 18.3. The van der Waals surface area contributed by atoms with Crippen LogP contribution in [-0.4, -0.2) is 24.6 Å². The predicted molar refractivity (Wildman–Crippen MR) is 107 cm³/mol. The molecule has 1 heterocycles. The minimum absolute atomic E-state index is 0.0291. The van der Waals surface area contributed by atoms with Crippen molar-refractivity contribution in [2.75, 3.05) is 23.4 Å². The number of carbonyl (C=O) groups is 1. The third-order valence-electron chi connectivity index (χ3n) is 5.04. The molecule has 0 radical (unpaired) electrons. The second-order valence-corrected chi connectivity index (χ2v) is 7.69. The van der Waals surface area contributed by atoms with Crippen LogP contribution in [0.3, 0.4) is 0 Å². The molecular weight excluding hydrogens is 324 g/mol. The first-order valence-electron chi connectivity index (χ1n) is 9.24. The number of hydrogen-bond donors (Lipinski definition) is 1. The van der Waals surface area contributed by atoms with Crippen LogP contribution in [-0.2, 0) is 4.79 Å². The van der Waals surface area contributed by atoms with E-state index in [1.165, 1.54) is 18.2 Å². The number of nitrogens with one attached hydrogen (secondary N) is 1. The van der Waals surface area contributed by atoms with Gasteiger partial charge in [-0.3, -0.25) is 4.79 Å². The maximum absolute atomic E-state index is 11.4. The molecule has 0 aromatic heterocycles. The summed E-state index contributed by atoms with van der Waals surface area (Å²) in [5.41, 5.74) is 3.39. The van der Waals surface area contributed by atoms with Gasteiger partial charge in [0.25, 0.3) is 0 Å². The van der Waals surface area contributed by atoms with Crippen LogP contribution in [0.15, 0.2) is 48.5 Å². The van der Waals surface area contributed by atoms with Gasteiger partial charge in [0.2, 0.25) is 5.91 Å². The van der Waals surface area contributed by atoms with Crippen molar-refractivity contribution in [3.05, 3.63) is 54.1 Å². The molecule has 0 fully saturated rings. The van der Waals surface area contributed by atoms with Crippen LogP contribution in [0.5, 0.6) is 5.75 Å². The molecule has 0 saturated heterocycles. The molecule has 1 atom stereocenters. The highest BCUT2D eigenvalue weighted by molar-refractivity contribution is 5.89. The van der Waals surface area contributed by atoms with Crippen LogP contribution in [0.25, 0.3) is 0 Å². The van der Waals surface area contributed by atoms with E-state index < -0.39 is 0 Å². The summed E-state index contributed by atoms with van der Waals surface area (Å²) in [6, 6.07) is 16.1. The molecule has 3 rings (SSSR count). The Morgan fingerprint density at radius 3 is 2.65 bits per heavy atom. The largest absolute Gasteiger partial charge is 0.492 e. The van der Waals surface area contributed by atoms with Crippen LogP contribution < -0.4 is 15.0 Å². The van der Waals surface area contributed by atoms with Crippen molar-refractivity contribution in [3.8, 4) is 5.75 Å². The predicted octanol–water partition coefficient (Wildman–Crippen LogP) is 4.82. The van der Waals surface area contributed by atoms with Crippen molar-refractivity contribution in [1.82, 2.24) is 0 Å². The number of hydrogen-bond acceptors (Lipinski definition) is 3. The highest BCUT2D eigenvalue weighted by atomic mass is 16.5. The van der Waals surface area contributed by atoms with E-state index in [1.54, 1.807) is 0 Å². The number of ether oxygens (including phenoxy) is 1. The van der Waals surface area contributed by atoms with Gasteiger partial charge in [-0.25, -0.2) is 0 Å². The molecule has 1 aliphatic heterocycles. The zero-order valence-corrected chi connectivity index (χ0v) is 16.1. The number of para-hydroxylation sites is 1. The third-order valence-corrected chi connectivity index (χ3v) is 5.04. The van der Waals surface area contributed by atoms with Crippen molar-refractivity contribution in [1.29, 1.82) is 0 Å². The summed E-state index contributed by atoms with van der Waals surface area (Å²) in [4.78, 5) is 13.9. The van der Waals surface area contributed by atoms with Crippen molar-refractivity contribution < 1.29 is 9.53 Å². The maximum atomic E-state index is 11.4. The fraction of sp³-hybridized carbons (Fsp3) is 0.409. The molecule has 0 spiro atoms. The lowest BCUT2D eigenvalue weighted by atomic mass is 9.80. The first-order valence-corrected chi connectivity index (χ1v) is 9.24. The van der Waals surface area contributed by atoms with E-state index in [0.717, 1.165) is 24.4 Å². The number of nitrogens with zero attached hydrogens (tertiary/aromatic N) is 1. The quantitative estimate of drug-likeness (QED) is 0.839. The average molecular weight is 352 g/mol. The zero-order valence-electron chi connectivity index (χ0n) is 16.1. The fourth-order valence-electron chi connectivity index (χ4n) is 3.97. The normalized spacial score (nSPS) is 18.2. The van der Waals surface area contributed by atoms with E-state index in [1.807, 2.05) is 36.4 Å². The number of carbonyl (C=O) groups excluding carboxylic acids is 1. The van der Waals surface area contributed by atoms with Crippen molar-refractivity contribution in [2.24, 2.45) is 0 Å². The summed E-state index contributed by atoms with van der Waals surface area (Å²) in [6.07, 6.45) is 1.09. The van der Waals surface area contributed by atoms with Crippen LogP contribution in [0.1, 0.15) is 45.6 Å². The number of amides is 1. The van der Waals surface area contributed by atoms with E-state index in [0.29, 0.717) is 12.5 Å². The molecule has 1 N–H and O–H groups in total. The van der Waals surface area contributed by atoms with E-state index in [9.17, 15) is 4.79 Å². The van der Waals surface area contributed by atoms with E-state index in [2.05, 4.69) is 43.1 Å². The Balaban J connectivity index is 1.83. The second kappa shape index (κ2) is 7.40. The van der Waals surface area contributed by atoms with Crippen molar-refractivity contribution >= 4 is 17.3 Å². The third kappa shape index (κ3) is 4.01. The van der Waals surface area contributed by atoms with Crippen molar-refractivity contribution in [3.63, 3.8) is 0 Å². The Morgan fingerprint density at radius 1 is 1.23 bits per heavy atom. The maximum Gasteiger partial charge on any atom is 0.221 e. The molecular formula is C22H28N2O2. The van der Waals surface area contributed by atoms with Crippen LogP contribution in [0, 0.1) is 0 Å². The van der Waals surface area contributed by atoms with Gasteiger partial charge in [0.1, 0.15) is 12.4 Å². The number of fused-ring (bicyclic) bond motifs is 1. The monoisotopic (exact) mass is 352 g/mol. The minimum atomic E-state index is -0.0490. The van der Waals surface area contributed by atoms with Gasteiger partial charge < -0.3 is 15.0 Å². The van der Waals surface area contributed by atoms with Gasteiger partial charge in [-0.2, -0.15) is 0 Å². The summed E-state index contributed by atoms with van der Waals surface area (Å²) in [6.45, 7) is 9.78. The molecule has 2 aromatic carbocycles. The lowest BCUT2D eigenvalue weighted by Gasteiger charge is -2.47. The zero-order chi connectivity index (χ0) is 18.7. The Labute approximate surface area is 156 Å². The summed E-state index contributed by atoms with van der Waals surface area (Å²) in [7, 11) is 0. The SMILES string of the molecule is CC(=O)Nc1ccc2c(c1)N(CCOc1ccccc1)C(C)(C)CC2C. The minimum Gasteiger partial charge on any atom is -0.492 e. The second-order valence-electron chi connectivity index (χ2n) is 7.69. The van der Waals surface area contributed by atoms with Gasteiger partial charge in [0.05, 0.1) is 6.54 Å². The van der Waals surface area contributed by atoms with Gasteiger partial charge >= 0.3 is 0 Å². The number of anilines is 2. The van der Waals surface area contributed by atoms with Gasteiger partial charge in [-0.1, -0.05) is 31.2 Å². The van der Waals surface area contributed by atoms with E-state index in [4.69, 9.17) is 4.74 Å². The Morgan fingerprint density at radius 2 is 1.96 bits per heavy atom. The summed E-state index contributed by atoms with van der Waals surface area (Å²) in [5, 5.41) is 2.90. The van der Waals surface area contributed by atoms with Gasteiger partial charge in [-0.05, 0) is 56.0 Å². The van der Waals surface area contributed by atoms with Gasteiger partial charge in [-0.15, -0.1) is 0 Å². The molecule has 0 bridgehead atoms. The smallest absolute Gasteiger partial charge is 0.221 e. The highest BCUT2D eigenvalue weighted by Crippen LogP contribution is 2.44. The van der Waals surface area contributed by atoms with E-state index >= 15 is 0 Å². The molecule has 138 valence electrons. The molecule has 0 aliphatic carbocycles. The molecule has 1 aliphatic rings. The molecule has 4 heteroatoms. The first-order chi connectivity index (χ1) is 12.4. The summed E-state index contributed by atoms with van der Waals surface area (Å²) < 4.78 is 5.93. The molecule has 1 amide bonds. The highest BCUT2D eigenvalue weighted by Gasteiger charge is 2.36. The molecule has 1 unspecified atom stereocenters. The van der Waals surface area contributed by atoms with Crippen LogP contribution in [0.4, 0.5) is 11.4 Å². The molecule has 4 nitrogen and oxygen atoms in total. The Hall–Kier alpha value is -2.49. The van der Waals surface area contributed by atoms with Crippen molar-refractivity contribution in [2.45, 2.75) is 45.6 Å².